The van der Waals surface area contributed by atoms with Crippen molar-refractivity contribution in [3.05, 3.63) is 58.3 Å². The molecule has 0 spiro atoms. The van der Waals surface area contributed by atoms with Crippen LogP contribution >= 0.6 is 11.8 Å². The van der Waals surface area contributed by atoms with E-state index in [0.717, 1.165) is 50.5 Å². The Labute approximate surface area is 149 Å². The predicted octanol–water partition coefficient (Wildman–Crippen LogP) is 5.06. The second-order valence-electron chi connectivity index (χ2n) is 5.47. The van der Waals surface area contributed by atoms with Gasteiger partial charge in [-0.3, -0.25) is 4.21 Å². The van der Waals surface area contributed by atoms with E-state index in [9.17, 15) is 4.21 Å². The van der Waals surface area contributed by atoms with Crippen LogP contribution in [-0.4, -0.2) is 22.8 Å². The van der Waals surface area contributed by atoms with Gasteiger partial charge in [0.1, 0.15) is 17.2 Å². The van der Waals surface area contributed by atoms with Crippen LogP contribution in [0.4, 0.5) is 0 Å². The molecule has 1 unspecified atom stereocenters. The fourth-order valence-electron chi connectivity index (χ4n) is 2.46. The maximum Gasteiger partial charge on any atom is 0.127 e. The van der Waals surface area contributed by atoms with Crippen LogP contribution in [0.1, 0.15) is 18.9 Å². The maximum absolute atomic E-state index is 12.2. The molecule has 2 aromatic carbocycles. The molecule has 5 heteroatoms. The molecule has 1 heterocycles. The molecule has 0 aromatic heterocycles. The molecule has 3 nitrogen and oxygen atoms in total. The monoisotopic (exact) mass is 360 g/mol. The molecule has 3 rings (SSSR count). The van der Waals surface area contributed by atoms with E-state index in [1.54, 1.807) is 18.9 Å². The molecule has 0 bridgehead atoms. The fraction of sp³-hybridized carbons (Fsp3) is 0.263. The molecule has 0 amide bonds. The summed E-state index contributed by atoms with van der Waals surface area (Å²) in [6, 6.07) is 15.4. The molecule has 2 aromatic rings. The lowest BCUT2D eigenvalue weighted by molar-refractivity contribution is 0.413. The summed E-state index contributed by atoms with van der Waals surface area (Å²) < 4.78 is 24.2. The van der Waals surface area contributed by atoms with Gasteiger partial charge in [0.15, 0.2) is 0 Å². The Bertz CT molecular complexity index is 749. The molecule has 1 aliphatic rings. The summed E-state index contributed by atoms with van der Waals surface area (Å²) in [4.78, 5) is 0. The first kappa shape index (κ1) is 17.1. The molecule has 1 fully saturated rings. The van der Waals surface area contributed by atoms with Gasteiger partial charge in [0, 0.05) is 5.75 Å². The highest BCUT2D eigenvalue weighted by atomic mass is 32.2. The average molecular weight is 361 g/mol. The molecule has 24 heavy (non-hydrogen) atoms. The molecule has 0 saturated carbocycles. The van der Waals surface area contributed by atoms with Gasteiger partial charge in [0.2, 0.25) is 0 Å². The van der Waals surface area contributed by atoms with Gasteiger partial charge in [0.25, 0.3) is 0 Å². The van der Waals surface area contributed by atoms with Gasteiger partial charge in [-0.1, -0.05) is 12.1 Å². The zero-order valence-electron chi connectivity index (χ0n) is 13.8. The van der Waals surface area contributed by atoms with Gasteiger partial charge in [-0.2, -0.15) is 0 Å². The lowest BCUT2D eigenvalue weighted by atomic mass is 10.1. The van der Waals surface area contributed by atoms with Crippen molar-refractivity contribution in [3.63, 3.8) is 0 Å². The van der Waals surface area contributed by atoms with Crippen molar-refractivity contribution < 1.29 is 13.7 Å². The Morgan fingerprint density at radius 3 is 2.17 bits per heavy atom. The van der Waals surface area contributed by atoms with E-state index in [1.165, 1.54) is 0 Å². The van der Waals surface area contributed by atoms with Crippen molar-refractivity contribution in [2.45, 2.75) is 13.3 Å². The number of thioether (sulfide) groups is 1. The van der Waals surface area contributed by atoms with Crippen molar-refractivity contribution >= 4 is 28.1 Å². The molecule has 1 saturated heterocycles. The van der Waals surface area contributed by atoms with Crippen molar-refractivity contribution in [1.29, 1.82) is 0 Å². The topological polar surface area (TPSA) is 35.5 Å². The highest BCUT2D eigenvalue weighted by Crippen LogP contribution is 2.34. The smallest absolute Gasteiger partial charge is 0.127 e. The first-order valence-electron chi connectivity index (χ1n) is 7.82. The minimum Gasteiger partial charge on any atom is -0.497 e. The van der Waals surface area contributed by atoms with Crippen LogP contribution in [0.25, 0.3) is 5.57 Å². The van der Waals surface area contributed by atoms with E-state index < -0.39 is 10.8 Å². The molecule has 0 radical (unpaired) electrons. The van der Waals surface area contributed by atoms with E-state index in [1.807, 2.05) is 55.5 Å². The lowest BCUT2D eigenvalue weighted by Crippen LogP contribution is -2.08. The Hall–Kier alpha value is -1.72. The SMILES string of the molecule is COc1ccc(Oc2ccc(/C(C)=C3\SCCCS3=O)cc2)cc1. The van der Waals surface area contributed by atoms with Crippen molar-refractivity contribution in [1.82, 2.24) is 0 Å². The van der Waals surface area contributed by atoms with E-state index >= 15 is 0 Å². The quantitative estimate of drug-likeness (QED) is 0.763. The summed E-state index contributed by atoms with van der Waals surface area (Å²) in [6.45, 7) is 2.05. The molecule has 1 atom stereocenters. The first-order valence-corrected chi connectivity index (χ1v) is 10.1. The second-order valence-corrected chi connectivity index (χ2v) is 8.34. The first-order chi connectivity index (χ1) is 11.7. The van der Waals surface area contributed by atoms with Crippen molar-refractivity contribution in [2.24, 2.45) is 0 Å². The molecule has 126 valence electrons. The van der Waals surface area contributed by atoms with Crippen LogP contribution in [-0.2, 0) is 10.8 Å². The van der Waals surface area contributed by atoms with Gasteiger partial charge in [0.05, 0.1) is 22.1 Å². The number of hydrogen-bond acceptors (Lipinski definition) is 4. The highest BCUT2D eigenvalue weighted by molar-refractivity contribution is 8.17. The van der Waals surface area contributed by atoms with Gasteiger partial charge < -0.3 is 9.47 Å². The standard InChI is InChI=1S/C19H20O3S2/c1-14(19-23-12-3-13-24(19)20)15-4-6-17(7-5-15)22-18-10-8-16(21-2)9-11-18/h4-11H,3,12-13H2,1-2H3/b19-14+. The van der Waals surface area contributed by atoms with Crippen LogP contribution < -0.4 is 9.47 Å². The predicted molar refractivity (Wildman–Crippen MR) is 102 cm³/mol. The lowest BCUT2D eigenvalue weighted by Gasteiger charge is -2.16. The number of benzene rings is 2. The van der Waals surface area contributed by atoms with Crippen LogP contribution in [0, 0.1) is 0 Å². The molecule has 0 N–H and O–H groups in total. The number of ether oxygens (including phenoxy) is 2. The third kappa shape index (κ3) is 4.02. The van der Waals surface area contributed by atoms with E-state index in [0.29, 0.717) is 0 Å². The van der Waals surface area contributed by atoms with Crippen LogP contribution in [0.5, 0.6) is 17.2 Å². The zero-order valence-corrected chi connectivity index (χ0v) is 15.4. The largest absolute Gasteiger partial charge is 0.497 e. The van der Waals surface area contributed by atoms with Crippen molar-refractivity contribution in [3.8, 4) is 17.2 Å². The fourth-order valence-corrected chi connectivity index (χ4v) is 5.53. The van der Waals surface area contributed by atoms with Gasteiger partial charge in [-0.15, -0.1) is 11.8 Å². The average Bonchev–Trinajstić information content (AvgIpc) is 2.63. The number of allylic oxidation sites excluding steroid dienone is 1. The third-order valence-corrected chi connectivity index (χ3v) is 7.15. The van der Waals surface area contributed by atoms with Gasteiger partial charge >= 0.3 is 0 Å². The van der Waals surface area contributed by atoms with Gasteiger partial charge in [-0.05, 0) is 66.6 Å². The van der Waals surface area contributed by atoms with E-state index in [4.69, 9.17) is 9.47 Å². The normalized spacial score (nSPS) is 19.7. The molecular formula is C19H20O3S2. The Morgan fingerprint density at radius 1 is 1.00 bits per heavy atom. The van der Waals surface area contributed by atoms with Crippen LogP contribution in [0.2, 0.25) is 0 Å². The number of rotatable bonds is 4. The summed E-state index contributed by atoms with van der Waals surface area (Å²) in [5.74, 6) is 4.18. The highest BCUT2D eigenvalue weighted by Gasteiger charge is 2.17. The zero-order chi connectivity index (χ0) is 16.9. The molecular weight excluding hydrogens is 340 g/mol. The number of methoxy groups -OCH3 is 1. The summed E-state index contributed by atoms with van der Waals surface area (Å²) in [5.41, 5.74) is 2.20. The minimum atomic E-state index is -0.849. The molecule has 1 aliphatic heterocycles. The summed E-state index contributed by atoms with van der Waals surface area (Å²) >= 11 is 1.72. The maximum atomic E-state index is 12.2. The summed E-state index contributed by atoms with van der Waals surface area (Å²) in [5, 5.41) is 0. The van der Waals surface area contributed by atoms with Gasteiger partial charge in [-0.25, -0.2) is 0 Å². The molecule has 0 aliphatic carbocycles. The van der Waals surface area contributed by atoms with Crippen LogP contribution in [0.3, 0.4) is 0 Å². The van der Waals surface area contributed by atoms with Crippen molar-refractivity contribution in [2.75, 3.05) is 18.6 Å². The Morgan fingerprint density at radius 2 is 1.58 bits per heavy atom. The minimum absolute atomic E-state index is 0.766. The van der Waals surface area contributed by atoms with E-state index in [2.05, 4.69) is 0 Å². The summed E-state index contributed by atoms with van der Waals surface area (Å²) in [6.07, 6.45) is 1.03. The Kier molecular flexibility index (Phi) is 5.63. The van der Waals surface area contributed by atoms with E-state index in [-0.39, 0.29) is 0 Å². The number of hydrogen-bond donors (Lipinski definition) is 0. The summed E-state index contributed by atoms with van der Waals surface area (Å²) in [7, 11) is 0.793. The third-order valence-electron chi connectivity index (χ3n) is 3.80. The van der Waals surface area contributed by atoms with Crippen LogP contribution in [0.15, 0.2) is 52.8 Å². The second kappa shape index (κ2) is 7.90. The Balaban J connectivity index is 1.75.